The highest BCUT2D eigenvalue weighted by atomic mass is 35.5. The van der Waals surface area contributed by atoms with Gasteiger partial charge in [-0.1, -0.05) is 0 Å². The molecule has 0 saturated carbocycles. The molecule has 11 heavy (non-hydrogen) atoms. The lowest BCUT2D eigenvalue weighted by molar-refractivity contribution is 0.162. The van der Waals surface area contributed by atoms with Crippen molar-refractivity contribution in [3.8, 4) is 6.07 Å². The summed E-state index contributed by atoms with van der Waals surface area (Å²) in [5, 5.41) is 16.6. The van der Waals surface area contributed by atoms with Gasteiger partial charge >= 0.3 is 0 Å². The van der Waals surface area contributed by atoms with Gasteiger partial charge in [0.2, 0.25) is 0 Å². The molecule has 2 unspecified atom stereocenters. The number of nitriles is 1. The van der Waals surface area contributed by atoms with Crippen molar-refractivity contribution < 1.29 is 5.11 Å². The number of hydrogen-bond donors (Lipinski definition) is 1. The zero-order valence-corrected chi connectivity index (χ0v) is 7.54. The Balaban J connectivity index is 3.69. The maximum absolute atomic E-state index is 8.72. The zero-order chi connectivity index (χ0) is 8.85. The summed E-state index contributed by atoms with van der Waals surface area (Å²) in [6.45, 7) is 2.45. The Labute approximate surface area is 72.2 Å². The van der Waals surface area contributed by atoms with Crippen molar-refractivity contribution in [3.05, 3.63) is 0 Å². The van der Waals surface area contributed by atoms with Gasteiger partial charge in [-0.15, -0.1) is 11.6 Å². The predicted octanol–water partition coefficient (Wildman–Crippen LogP) is 0.430. The Hall–Kier alpha value is -0.300. The van der Waals surface area contributed by atoms with Gasteiger partial charge in [-0.3, -0.25) is 4.90 Å². The molecule has 0 rings (SSSR count). The fourth-order valence-corrected chi connectivity index (χ4v) is 0.831. The van der Waals surface area contributed by atoms with Crippen LogP contribution in [-0.4, -0.2) is 41.6 Å². The van der Waals surface area contributed by atoms with Crippen LogP contribution in [0.25, 0.3) is 0 Å². The first-order valence-corrected chi connectivity index (χ1v) is 3.90. The van der Waals surface area contributed by atoms with E-state index in [2.05, 4.69) is 0 Å². The molecule has 0 aliphatic carbocycles. The van der Waals surface area contributed by atoms with Crippen LogP contribution in [0.4, 0.5) is 0 Å². The molecule has 0 aromatic carbocycles. The standard InChI is InChI=1S/C7H13ClN2O/c1-6(5-11)10(2)4-7(8)3-9/h6-7,11H,4-5H2,1-2H3. The highest BCUT2D eigenvalue weighted by Gasteiger charge is 2.11. The summed E-state index contributed by atoms with van der Waals surface area (Å²) in [5.74, 6) is 0. The molecule has 64 valence electrons. The zero-order valence-electron chi connectivity index (χ0n) is 6.79. The molecule has 0 saturated heterocycles. The minimum atomic E-state index is -0.492. The minimum absolute atomic E-state index is 0.0598. The van der Waals surface area contributed by atoms with E-state index in [1.807, 2.05) is 24.9 Å². The third kappa shape index (κ3) is 4.20. The van der Waals surface area contributed by atoms with Crippen molar-refractivity contribution in [2.24, 2.45) is 0 Å². The molecular weight excluding hydrogens is 164 g/mol. The minimum Gasteiger partial charge on any atom is -0.395 e. The number of aliphatic hydroxyl groups excluding tert-OH is 1. The number of halogens is 1. The summed E-state index contributed by atoms with van der Waals surface area (Å²) in [6.07, 6.45) is 0. The van der Waals surface area contributed by atoms with Gasteiger partial charge < -0.3 is 5.11 Å². The summed E-state index contributed by atoms with van der Waals surface area (Å²) in [7, 11) is 1.83. The van der Waals surface area contributed by atoms with Crippen molar-refractivity contribution >= 4 is 11.6 Å². The molecule has 0 radical (unpaired) electrons. The molecule has 0 aliphatic rings. The number of alkyl halides is 1. The van der Waals surface area contributed by atoms with Crippen LogP contribution in [0, 0.1) is 11.3 Å². The van der Waals surface area contributed by atoms with Gasteiger partial charge in [-0.2, -0.15) is 5.26 Å². The molecule has 0 aromatic heterocycles. The second kappa shape index (κ2) is 5.36. The largest absolute Gasteiger partial charge is 0.395 e. The van der Waals surface area contributed by atoms with Crippen LogP contribution in [0.15, 0.2) is 0 Å². The van der Waals surface area contributed by atoms with E-state index in [1.54, 1.807) is 0 Å². The Morgan fingerprint density at radius 3 is 2.64 bits per heavy atom. The molecule has 0 heterocycles. The first-order valence-electron chi connectivity index (χ1n) is 3.46. The molecule has 0 aromatic rings. The lowest BCUT2D eigenvalue weighted by atomic mass is 10.3. The van der Waals surface area contributed by atoms with Crippen LogP contribution in [0.2, 0.25) is 0 Å². The Bertz CT molecular complexity index is 146. The molecule has 0 spiro atoms. The van der Waals surface area contributed by atoms with Crippen molar-refractivity contribution in [1.29, 1.82) is 5.26 Å². The molecular formula is C7H13ClN2O. The van der Waals surface area contributed by atoms with E-state index in [1.165, 1.54) is 0 Å². The number of likely N-dealkylation sites (N-methyl/N-ethyl adjacent to an activating group) is 1. The van der Waals surface area contributed by atoms with Crippen LogP contribution in [0.1, 0.15) is 6.92 Å². The maximum atomic E-state index is 8.72. The smallest absolute Gasteiger partial charge is 0.133 e. The Morgan fingerprint density at radius 1 is 1.73 bits per heavy atom. The Morgan fingerprint density at radius 2 is 2.27 bits per heavy atom. The molecule has 0 aliphatic heterocycles. The lowest BCUT2D eigenvalue weighted by Crippen LogP contribution is -2.35. The average Bonchev–Trinajstić information content (AvgIpc) is 2.02. The van der Waals surface area contributed by atoms with E-state index in [0.29, 0.717) is 6.54 Å². The topological polar surface area (TPSA) is 47.3 Å². The molecule has 0 fully saturated rings. The summed E-state index contributed by atoms with van der Waals surface area (Å²) in [6, 6.07) is 1.98. The van der Waals surface area contributed by atoms with E-state index in [9.17, 15) is 0 Å². The lowest BCUT2D eigenvalue weighted by Gasteiger charge is -2.22. The molecule has 2 atom stereocenters. The highest BCUT2D eigenvalue weighted by Crippen LogP contribution is 2.00. The van der Waals surface area contributed by atoms with Crippen LogP contribution >= 0.6 is 11.6 Å². The first-order chi connectivity index (χ1) is 5.11. The van der Waals surface area contributed by atoms with Crippen molar-refractivity contribution in [2.75, 3.05) is 20.2 Å². The van der Waals surface area contributed by atoms with Gasteiger partial charge in [0, 0.05) is 12.6 Å². The second-order valence-corrected chi connectivity index (χ2v) is 3.09. The van der Waals surface area contributed by atoms with E-state index in [4.69, 9.17) is 22.0 Å². The van der Waals surface area contributed by atoms with Crippen LogP contribution in [-0.2, 0) is 0 Å². The quantitative estimate of drug-likeness (QED) is 0.632. The number of aliphatic hydroxyl groups is 1. The maximum Gasteiger partial charge on any atom is 0.133 e. The third-order valence-corrected chi connectivity index (χ3v) is 1.84. The van der Waals surface area contributed by atoms with E-state index in [-0.39, 0.29) is 12.6 Å². The van der Waals surface area contributed by atoms with Crippen molar-refractivity contribution in [1.82, 2.24) is 4.90 Å². The van der Waals surface area contributed by atoms with Gasteiger partial charge in [0.05, 0.1) is 12.7 Å². The van der Waals surface area contributed by atoms with E-state index in [0.717, 1.165) is 0 Å². The molecule has 0 bridgehead atoms. The van der Waals surface area contributed by atoms with Gasteiger partial charge in [0.15, 0.2) is 0 Å². The highest BCUT2D eigenvalue weighted by molar-refractivity contribution is 6.22. The van der Waals surface area contributed by atoms with Gasteiger partial charge in [0.1, 0.15) is 5.38 Å². The van der Waals surface area contributed by atoms with Crippen molar-refractivity contribution in [2.45, 2.75) is 18.3 Å². The predicted molar refractivity (Wildman–Crippen MR) is 44.4 cm³/mol. The van der Waals surface area contributed by atoms with Gasteiger partial charge in [-0.05, 0) is 14.0 Å². The van der Waals surface area contributed by atoms with E-state index < -0.39 is 5.38 Å². The van der Waals surface area contributed by atoms with E-state index >= 15 is 0 Å². The molecule has 0 amide bonds. The van der Waals surface area contributed by atoms with Gasteiger partial charge in [-0.25, -0.2) is 0 Å². The summed E-state index contributed by atoms with van der Waals surface area (Å²) in [5.41, 5.74) is 0. The molecule has 1 N–H and O–H groups in total. The third-order valence-electron chi connectivity index (χ3n) is 1.61. The summed E-state index contributed by atoms with van der Waals surface area (Å²) >= 11 is 5.58. The van der Waals surface area contributed by atoms with Crippen LogP contribution in [0.5, 0.6) is 0 Å². The van der Waals surface area contributed by atoms with Gasteiger partial charge in [0.25, 0.3) is 0 Å². The fraction of sp³-hybridized carbons (Fsp3) is 0.857. The normalized spacial score (nSPS) is 16.0. The van der Waals surface area contributed by atoms with Crippen LogP contribution < -0.4 is 0 Å². The fourth-order valence-electron chi connectivity index (χ4n) is 0.613. The Kier molecular flexibility index (Phi) is 5.22. The number of nitrogens with zero attached hydrogens (tertiary/aromatic N) is 2. The average molecular weight is 177 g/mol. The second-order valence-electron chi connectivity index (χ2n) is 2.57. The molecule has 3 nitrogen and oxygen atoms in total. The SMILES string of the molecule is CC(CO)N(C)CC(Cl)C#N. The summed E-state index contributed by atoms with van der Waals surface area (Å²) < 4.78 is 0. The number of hydrogen-bond acceptors (Lipinski definition) is 3. The summed E-state index contributed by atoms with van der Waals surface area (Å²) in [4.78, 5) is 1.85. The monoisotopic (exact) mass is 176 g/mol. The first kappa shape index (κ1) is 10.7. The number of rotatable bonds is 4. The van der Waals surface area contributed by atoms with Crippen molar-refractivity contribution in [3.63, 3.8) is 0 Å². The van der Waals surface area contributed by atoms with Crippen LogP contribution in [0.3, 0.4) is 0 Å². The molecule has 4 heteroatoms.